The van der Waals surface area contributed by atoms with Crippen LogP contribution in [-0.4, -0.2) is 51.2 Å². The molecule has 1 fully saturated rings. The maximum absolute atomic E-state index is 5.48. The molecule has 0 aliphatic carbocycles. The van der Waals surface area contributed by atoms with Crippen molar-refractivity contribution in [1.29, 1.82) is 0 Å². The van der Waals surface area contributed by atoms with E-state index in [-0.39, 0.29) is 0 Å². The number of unbranched alkanes of at least 4 members (excludes halogenated alkanes) is 1. The number of nitrogens with zero attached hydrogens (tertiary/aromatic N) is 2. The van der Waals surface area contributed by atoms with Gasteiger partial charge < -0.3 is 20.9 Å². The number of anilines is 2. The van der Waals surface area contributed by atoms with Crippen LogP contribution in [0.15, 0.2) is 24.3 Å². The Labute approximate surface area is 116 Å². The number of rotatable bonds is 6. The van der Waals surface area contributed by atoms with Gasteiger partial charge in [0, 0.05) is 44.1 Å². The van der Waals surface area contributed by atoms with Gasteiger partial charge in [-0.3, -0.25) is 0 Å². The molecule has 0 radical (unpaired) electrons. The fourth-order valence-corrected chi connectivity index (χ4v) is 2.36. The molecular weight excluding hydrogens is 236 g/mol. The van der Waals surface area contributed by atoms with Gasteiger partial charge in [-0.1, -0.05) is 0 Å². The topological polar surface area (TPSA) is 44.5 Å². The zero-order valence-electron chi connectivity index (χ0n) is 11.9. The lowest BCUT2D eigenvalue weighted by molar-refractivity contribution is 0.313. The van der Waals surface area contributed by atoms with Gasteiger partial charge in [-0.15, -0.1) is 0 Å². The van der Waals surface area contributed by atoms with Crippen LogP contribution in [0.4, 0.5) is 11.4 Å². The van der Waals surface area contributed by atoms with Gasteiger partial charge in [-0.2, -0.15) is 0 Å². The quantitative estimate of drug-likeness (QED) is 0.764. The van der Waals surface area contributed by atoms with Gasteiger partial charge in [-0.05, 0) is 50.7 Å². The van der Waals surface area contributed by atoms with Gasteiger partial charge in [0.25, 0.3) is 0 Å². The van der Waals surface area contributed by atoms with Crippen LogP contribution in [0.5, 0.6) is 0 Å². The molecule has 1 saturated heterocycles. The molecule has 3 N–H and O–H groups in total. The van der Waals surface area contributed by atoms with E-state index in [0.29, 0.717) is 0 Å². The third-order valence-corrected chi connectivity index (χ3v) is 3.70. The second kappa shape index (κ2) is 7.36. The Morgan fingerprint density at radius 2 is 1.74 bits per heavy atom. The van der Waals surface area contributed by atoms with Crippen LogP contribution in [0.2, 0.25) is 0 Å². The van der Waals surface area contributed by atoms with Crippen LogP contribution >= 0.6 is 0 Å². The Hall–Kier alpha value is -1.26. The molecule has 0 bridgehead atoms. The largest absolute Gasteiger partial charge is 0.385 e. The second-order valence-corrected chi connectivity index (χ2v) is 5.26. The molecule has 0 atom stereocenters. The molecule has 1 aliphatic heterocycles. The van der Waals surface area contributed by atoms with E-state index in [9.17, 15) is 0 Å². The monoisotopic (exact) mass is 262 g/mol. The highest BCUT2D eigenvalue weighted by atomic mass is 15.2. The zero-order chi connectivity index (χ0) is 13.5. The smallest absolute Gasteiger partial charge is 0.0368 e. The first kappa shape index (κ1) is 14.2. The van der Waals surface area contributed by atoms with E-state index >= 15 is 0 Å². The van der Waals surface area contributed by atoms with Gasteiger partial charge in [0.15, 0.2) is 0 Å². The minimum Gasteiger partial charge on any atom is -0.385 e. The molecule has 0 spiro atoms. The summed E-state index contributed by atoms with van der Waals surface area (Å²) < 4.78 is 0. The van der Waals surface area contributed by atoms with Gasteiger partial charge in [0.2, 0.25) is 0 Å². The van der Waals surface area contributed by atoms with E-state index in [1.165, 1.54) is 11.4 Å². The molecule has 106 valence electrons. The van der Waals surface area contributed by atoms with Crippen molar-refractivity contribution >= 4 is 11.4 Å². The van der Waals surface area contributed by atoms with Crippen LogP contribution in [0.25, 0.3) is 0 Å². The predicted molar refractivity (Wildman–Crippen MR) is 82.9 cm³/mol. The average molecular weight is 262 g/mol. The summed E-state index contributed by atoms with van der Waals surface area (Å²) in [7, 11) is 2.19. The van der Waals surface area contributed by atoms with Crippen LogP contribution < -0.4 is 16.0 Å². The van der Waals surface area contributed by atoms with Gasteiger partial charge in [-0.25, -0.2) is 0 Å². The van der Waals surface area contributed by atoms with Crippen molar-refractivity contribution < 1.29 is 0 Å². The number of piperazine rings is 1. The van der Waals surface area contributed by atoms with Crippen LogP contribution in [0.1, 0.15) is 12.8 Å². The third-order valence-electron chi connectivity index (χ3n) is 3.70. The Morgan fingerprint density at radius 3 is 2.37 bits per heavy atom. The first-order valence-corrected chi connectivity index (χ1v) is 7.27. The van der Waals surface area contributed by atoms with Crippen molar-refractivity contribution in [2.45, 2.75) is 12.8 Å². The summed E-state index contributed by atoms with van der Waals surface area (Å²) >= 11 is 0. The molecule has 1 aromatic rings. The van der Waals surface area contributed by atoms with Crippen LogP contribution in [0.3, 0.4) is 0 Å². The Morgan fingerprint density at radius 1 is 1.05 bits per heavy atom. The molecule has 4 nitrogen and oxygen atoms in total. The minimum absolute atomic E-state index is 0.782. The lowest BCUT2D eigenvalue weighted by Crippen LogP contribution is -2.44. The zero-order valence-corrected chi connectivity index (χ0v) is 11.9. The number of nitrogens with one attached hydrogen (secondary N) is 1. The number of likely N-dealkylation sites (N-methyl/N-ethyl adjacent to an activating group) is 1. The van der Waals surface area contributed by atoms with E-state index in [1.54, 1.807) is 0 Å². The summed E-state index contributed by atoms with van der Waals surface area (Å²) in [6, 6.07) is 8.79. The lowest BCUT2D eigenvalue weighted by atomic mass is 10.2. The fraction of sp³-hybridized carbons (Fsp3) is 0.600. The third kappa shape index (κ3) is 4.40. The summed E-state index contributed by atoms with van der Waals surface area (Å²) in [6.45, 7) is 6.34. The fourth-order valence-electron chi connectivity index (χ4n) is 2.36. The number of hydrogen-bond acceptors (Lipinski definition) is 4. The highest BCUT2D eigenvalue weighted by Gasteiger charge is 2.13. The Kier molecular flexibility index (Phi) is 5.48. The maximum Gasteiger partial charge on any atom is 0.0368 e. The summed E-state index contributed by atoms with van der Waals surface area (Å²) in [6.07, 6.45) is 2.23. The molecule has 0 amide bonds. The Bertz CT molecular complexity index is 355. The summed E-state index contributed by atoms with van der Waals surface area (Å²) in [4.78, 5) is 4.84. The molecule has 1 aliphatic rings. The molecule has 0 unspecified atom stereocenters. The SMILES string of the molecule is CN1CCN(c2ccc(NCCCCN)cc2)CC1. The number of hydrogen-bond donors (Lipinski definition) is 2. The first-order valence-electron chi connectivity index (χ1n) is 7.27. The van der Waals surface area contributed by atoms with Crippen molar-refractivity contribution in [3.05, 3.63) is 24.3 Å². The van der Waals surface area contributed by atoms with E-state index in [2.05, 4.69) is 46.4 Å². The molecule has 2 rings (SSSR count). The molecule has 1 aromatic carbocycles. The van der Waals surface area contributed by atoms with E-state index in [0.717, 1.165) is 52.1 Å². The van der Waals surface area contributed by atoms with Crippen LogP contribution in [0, 0.1) is 0 Å². The number of benzene rings is 1. The summed E-state index contributed by atoms with van der Waals surface area (Å²) in [5.74, 6) is 0. The van der Waals surface area contributed by atoms with E-state index < -0.39 is 0 Å². The highest BCUT2D eigenvalue weighted by Crippen LogP contribution is 2.19. The average Bonchev–Trinajstić information content (AvgIpc) is 2.45. The lowest BCUT2D eigenvalue weighted by Gasteiger charge is -2.34. The molecular formula is C15H26N4. The maximum atomic E-state index is 5.48. The molecule has 0 aromatic heterocycles. The predicted octanol–water partition coefficient (Wildman–Crippen LogP) is 1.59. The highest BCUT2D eigenvalue weighted by molar-refractivity contribution is 5.55. The van der Waals surface area contributed by atoms with Crippen molar-refractivity contribution in [1.82, 2.24) is 4.90 Å². The van der Waals surface area contributed by atoms with Gasteiger partial charge in [0.05, 0.1) is 0 Å². The van der Waals surface area contributed by atoms with Crippen molar-refractivity contribution in [3.8, 4) is 0 Å². The van der Waals surface area contributed by atoms with Crippen molar-refractivity contribution in [2.75, 3.05) is 56.5 Å². The molecule has 4 heteroatoms. The second-order valence-electron chi connectivity index (χ2n) is 5.26. The van der Waals surface area contributed by atoms with Gasteiger partial charge in [0.1, 0.15) is 0 Å². The standard InChI is InChI=1S/C15H26N4/c1-18-10-12-19(13-11-18)15-6-4-14(5-7-15)17-9-3-2-8-16/h4-7,17H,2-3,8-13,16H2,1H3. The van der Waals surface area contributed by atoms with Gasteiger partial charge >= 0.3 is 0 Å². The molecule has 19 heavy (non-hydrogen) atoms. The minimum atomic E-state index is 0.782. The van der Waals surface area contributed by atoms with Crippen LogP contribution in [-0.2, 0) is 0 Å². The Balaban J connectivity index is 1.81. The van der Waals surface area contributed by atoms with E-state index in [4.69, 9.17) is 5.73 Å². The van der Waals surface area contributed by atoms with E-state index in [1.807, 2.05) is 0 Å². The molecule has 0 saturated carbocycles. The first-order chi connectivity index (χ1) is 9.29. The normalized spacial score (nSPS) is 16.6. The van der Waals surface area contributed by atoms with Crippen molar-refractivity contribution in [3.63, 3.8) is 0 Å². The van der Waals surface area contributed by atoms with Crippen molar-refractivity contribution in [2.24, 2.45) is 5.73 Å². The number of nitrogens with two attached hydrogens (primary N) is 1. The summed E-state index contributed by atoms with van der Waals surface area (Å²) in [5, 5.41) is 3.43. The molecule has 1 heterocycles. The summed E-state index contributed by atoms with van der Waals surface area (Å²) in [5.41, 5.74) is 8.02.